The van der Waals surface area contributed by atoms with Gasteiger partial charge in [0.25, 0.3) is 0 Å². The lowest BCUT2D eigenvalue weighted by Gasteiger charge is -2.10. The van der Waals surface area contributed by atoms with Gasteiger partial charge in [0.05, 0.1) is 10.2 Å². The first-order valence-electron chi connectivity index (χ1n) is 5.22. The summed E-state index contributed by atoms with van der Waals surface area (Å²) >= 11 is 2.30. The van der Waals surface area contributed by atoms with Crippen molar-refractivity contribution in [1.29, 1.82) is 0 Å². The molecule has 0 radical (unpaired) electrons. The number of halogens is 1. The molecule has 3 heteroatoms. The van der Waals surface area contributed by atoms with Gasteiger partial charge in [-0.3, -0.25) is 0 Å². The van der Waals surface area contributed by atoms with E-state index in [1.807, 2.05) is 18.2 Å². The van der Waals surface area contributed by atoms with Crippen LogP contribution in [0.2, 0.25) is 0 Å². The van der Waals surface area contributed by atoms with Crippen molar-refractivity contribution < 1.29 is 4.74 Å². The molecule has 0 amide bonds. The van der Waals surface area contributed by atoms with Gasteiger partial charge in [-0.25, -0.2) is 0 Å². The molecule has 1 aromatic carbocycles. The van der Waals surface area contributed by atoms with E-state index in [1.54, 1.807) is 0 Å². The highest BCUT2D eigenvalue weighted by atomic mass is 127. The predicted molar refractivity (Wildman–Crippen MR) is 72.4 cm³/mol. The number of unbranched alkanes of at least 4 members (excludes halogenated alkanes) is 1. The Labute approximate surface area is 106 Å². The first-order chi connectivity index (χ1) is 7.20. The van der Waals surface area contributed by atoms with Crippen LogP contribution in [0.3, 0.4) is 0 Å². The number of ether oxygens (including phenoxy) is 1. The lowest BCUT2D eigenvalue weighted by atomic mass is 10.3. The van der Waals surface area contributed by atoms with Gasteiger partial charge in [-0.05, 0) is 68.2 Å². The zero-order valence-electron chi connectivity index (χ0n) is 9.37. The maximum atomic E-state index is 5.69. The average Bonchev–Trinajstić information content (AvgIpc) is 2.20. The first-order valence-corrected chi connectivity index (χ1v) is 6.30. The molecule has 15 heavy (non-hydrogen) atoms. The van der Waals surface area contributed by atoms with E-state index in [0.717, 1.165) is 25.3 Å². The maximum absolute atomic E-state index is 5.69. The zero-order valence-corrected chi connectivity index (χ0v) is 11.5. The smallest absolute Gasteiger partial charge is 0.132 e. The fraction of sp³-hybridized carbons (Fsp3) is 0.500. The molecule has 0 bridgehead atoms. The van der Waals surface area contributed by atoms with Crippen LogP contribution in [0.4, 0.5) is 0 Å². The van der Waals surface area contributed by atoms with Crippen LogP contribution in [-0.2, 0) is 0 Å². The Morgan fingerprint density at radius 2 is 1.93 bits per heavy atom. The van der Waals surface area contributed by atoms with Crippen molar-refractivity contribution >= 4 is 22.6 Å². The van der Waals surface area contributed by atoms with Crippen LogP contribution >= 0.6 is 22.6 Å². The number of hydrogen-bond acceptors (Lipinski definition) is 2. The Kier molecular flexibility index (Phi) is 6.02. The van der Waals surface area contributed by atoms with Gasteiger partial charge in [0.1, 0.15) is 5.75 Å². The molecule has 1 rings (SSSR count). The SMILES string of the molecule is CN(C)CCCCOc1ccccc1I. The molecule has 0 spiro atoms. The minimum Gasteiger partial charge on any atom is -0.492 e. The standard InChI is InChI=1S/C12H18INO/c1-14(2)9-5-6-10-15-12-8-4-3-7-11(12)13/h3-4,7-8H,5-6,9-10H2,1-2H3. The van der Waals surface area contributed by atoms with Gasteiger partial charge >= 0.3 is 0 Å². The molecular weight excluding hydrogens is 301 g/mol. The van der Waals surface area contributed by atoms with E-state index in [1.165, 1.54) is 9.99 Å². The second kappa shape index (κ2) is 7.06. The van der Waals surface area contributed by atoms with Gasteiger partial charge < -0.3 is 9.64 Å². The Morgan fingerprint density at radius 3 is 2.60 bits per heavy atom. The van der Waals surface area contributed by atoms with Crippen LogP contribution in [0.1, 0.15) is 12.8 Å². The van der Waals surface area contributed by atoms with Gasteiger partial charge in [0.2, 0.25) is 0 Å². The Hall–Kier alpha value is -0.290. The minimum absolute atomic E-state index is 0.813. The number of nitrogens with zero attached hydrogens (tertiary/aromatic N) is 1. The molecule has 0 saturated carbocycles. The number of para-hydroxylation sites is 1. The summed E-state index contributed by atoms with van der Waals surface area (Å²) in [7, 11) is 4.20. The summed E-state index contributed by atoms with van der Waals surface area (Å²) in [6, 6.07) is 8.13. The predicted octanol–water partition coefficient (Wildman–Crippen LogP) is 3.01. The van der Waals surface area contributed by atoms with Crippen LogP contribution in [0, 0.1) is 3.57 Å². The molecule has 0 aromatic heterocycles. The van der Waals surface area contributed by atoms with Gasteiger partial charge in [-0.1, -0.05) is 12.1 Å². The molecule has 0 aliphatic heterocycles. The van der Waals surface area contributed by atoms with E-state index >= 15 is 0 Å². The summed E-state index contributed by atoms with van der Waals surface area (Å²) in [4.78, 5) is 2.20. The fourth-order valence-corrected chi connectivity index (χ4v) is 1.82. The van der Waals surface area contributed by atoms with Crippen LogP contribution < -0.4 is 4.74 Å². The van der Waals surface area contributed by atoms with E-state index in [9.17, 15) is 0 Å². The van der Waals surface area contributed by atoms with E-state index in [0.29, 0.717) is 0 Å². The van der Waals surface area contributed by atoms with Gasteiger partial charge in [0.15, 0.2) is 0 Å². The molecule has 2 nitrogen and oxygen atoms in total. The van der Waals surface area contributed by atoms with E-state index in [2.05, 4.69) is 47.7 Å². The van der Waals surface area contributed by atoms with E-state index < -0.39 is 0 Å². The van der Waals surface area contributed by atoms with Crippen molar-refractivity contribution in [2.45, 2.75) is 12.8 Å². The number of rotatable bonds is 6. The largest absolute Gasteiger partial charge is 0.492 e. The molecule has 0 aliphatic rings. The molecule has 0 fully saturated rings. The average molecular weight is 319 g/mol. The Morgan fingerprint density at radius 1 is 1.20 bits per heavy atom. The summed E-state index contributed by atoms with van der Waals surface area (Å²) < 4.78 is 6.88. The van der Waals surface area contributed by atoms with Crippen LogP contribution in [0.25, 0.3) is 0 Å². The normalized spacial score (nSPS) is 10.7. The van der Waals surface area contributed by atoms with Crippen molar-refractivity contribution in [3.05, 3.63) is 27.8 Å². The molecule has 0 N–H and O–H groups in total. The van der Waals surface area contributed by atoms with Gasteiger partial charge in [0, 0.05) is 0 Å². The molecule has 0 atom stereocenters. The molecule has 0 unspecified atom stereocenters. The highest BCUT2D eigenvalue weighted by Crippen LogP contribution is 2.19. The first kappa shape index (κ1) is 12.8. The summed E-state index contributed by atoms with van der Waals surface area (Å²) in [5.41, 5.74) is 0. The zero-order chi connectivity index (χ0) is 11.1. The summed E-state index contributed by atoms with van der Waals surface area (Å²) in [5, 5.41) is 0. The third-order valence-electron chi connectivity index (χ3n) is 2.09. The molecule has 1 aromatic rings. The highest BCUT2D eigenvalue weighted by Gasteiger charge is 1.98. The summed E-state index contributed by atoms with van der Waals surface area (Å²) in [6.45, 7) is 1.95. The van der Waals surface area contributed by atoms with Crippen LogP contribution in [0.5, 0.6) is 5.75 Å². The quantitative estimate of drug-likeness (QED) is 0.590. The van der Waals surface area contributed by atoms with E-state index in [4.69, 9.17) is 4.74 Å². The summed E-state index contributed by atoms with van der Waals surface area (Å²) in [6.07, 6.45) is 2.31. The van der Waals surface area contributed by atoms with E-state index in [-0.39, 0.29) is 0 Å². The molecule has 0 heterocycles. The van der Waals surface area contributed by atoms with Gasteiger partial charge in [-0.15, -0.1) is 0 Å². The second-order valence-corrected chi connectivity index (χ2v) is 4.95. The summed E-state index contributed by atoms with van der Waals surface area (Å²) in [5.74, 6) is 1.00. The van der Waals surface area contributed by atoms with Crippen molar-refractivity contribution in [2.75, 3.05) is 27.2 Å². The Balaban J connectivity index is 2.18. The molecule has 0 saturated heterocycles. The maximum Gasteiger partial charge on any atom is 0.132 e. The monoisotopic (exact) mass is 319 g/mol. The second-order valence-electron chi connectivity index (χ2n) is 3.79. The number of hydrogen-bond donors (Lipinski definition) is 0. The fourth-order valence-electron chi connectivity index (χ4n) is 1.27. The lowest BCUT2D eigenvalue weighted by molar-refractivity contribution is 0.291. The molecule has 84 valence electrons. The lowest BCUT2D eigenvalue weighted by Crippen LogP contribution is -2.13. The highest BCUT2D eigenvalue weighted by molar-refractivity contribution is 14.1. The topological polar surface area (TPSA) is 12.5 Å². The molecular formula is C12H18INO. The minimum atomic E-state index is 0.813. The van der Waals surface area contributed by atoms with Crippen molar-refractivity contribution in [2.24, 2.45) is 0 Å². The number of benzene rings is 1. The van der Waals surface area contributed by atoms with Gasteiger partial charge in [-0.2, -0.15) is 0 Å². The third-order valence-corrected chi connectivity index (χ3v) is 2.99. The van der Waals surface area contributed by atoms with Crippen molar-refractivity contribution in [3.63, 3.8) is 0 Å². The third kappa shape index (κ3) is 5.37. The van der Waals surface area contributed by atoms with Crippen LogP contribution in [0.15, 0.2) is 24.3 Å². The molecule has 0 aliphatic carbocycles. The Bertz CT molecular complexity index is 289. The van der Waals surface area contributed by atoms with Crippen molar-refractivity contribution in [3.8, 4) is 5.75 Å². The van der Waals surface area contributed by atoms with Crippen LogP contribution in [-0.4, -0.2) is 32.1 Å². The van der Waals surface area contributed by atoms with Crippen molar-refractivity contribution in [1.82, 2.24) is 4.90 Å².